The van der Waals surface area contributed by atoms with Gasteiger partial charge in [-0.3, -0.25) is 9.59 Å². The van der Waals surface area contributed by atoms with Crippen molar-refractivity contribution < 1.29 is 33.0 Å². The number of aromatic nitrogens is 3. The highest BCUT2D eigenvalue weighted by molar-refractivity contribution is 7.09. The highest BCUT2D eigenvalue weighted by Gasteiger charge is 2.42. The van der Waals surface area contributed by atoms with Crippen LogP contribution in [0.15, 0.2) is 29.6 Å². The summed E-state index contributed by atoms with van der Waals surface area (Å²) in [5, 5.41) is 25.7. The van der Waals surface area contributed by atoms with E-state index in [1.807, 2.05) is 0 Å². The number of halogens is 3. The molecule has 10 nitrogen and oxygen atoms in total. The van der Waals surface area contributed by atoms with Gasteiger partial charge >= 0.3 is 6.18 Å². The molecular weight excluding hydrogens is 585 g/mol. The molecule has 3 aromatic rings. The van der Waals surface area contributed by atoms with E-state index in [-0.39, 0.29) is 24.6 Å². The Morgan fingerprint density at radius 3 is 2.63 bits per heavy atom. The molecule has 1 saturated heterocycles. The van der Waals surface area contributed by atoms with Crippen LogP contribution in [0.3, 0.4) is 0 Å². The average molecular weight is 623 g/mol. The molecule has 0 radical (unpaired) electrons. The molecule has 3 unspecified atom stereocenters. The lowest BCUT2D eigenvalue weighted by atomic mass is 9.80. The van der Waals surface area contributed by atoms with E-state index < -0.39 is 36.0 Å². The third kappa shape index (κ3) is 6.87. The topological polar surface area (TPSA) is 124 Å². The van der Waals surface area contributed by atoms with Crippen LogP contribution in [-0.4, -0.2) is 91.3 Å². The monoisotopic (exact) mass is 622 g/mol. The number of hydrogen-bond donors (Lipinski definition) is 3. The number of aliphatic hydroxyl groups is 2. The van der Waals surface area contributed by atoms with Gasteiger partial charge in [0.1, 0.15) is 5.01 Å². The second-order valence-electron chi connectivity index (χ2n) is 11.6. The number of imidazole rings is 1. The number of para-hydroxylation sites is 2. The van der Waals surface area contributed by atoms with Crippen molar-refractivity contribution >= 4 is 34.2 Å². The first-order chi connectivity index (χ1) is 20.4. The number of alkyl halides is 3. The molecule has 1 aliphatic heterocycles. The predicted octanol–water partition coefficient (Wildman–Crippen LogP) is 3.01. The molecule has 5 rings (SSSR count). The highest BCUT2D eigenvalue weighted by Crippen LogP contribution is 2.36. The number of thiazole rings is 1. The number of amides is 2. The summed E-state index contributed by atoms with van der Waals surface area (Å²) >= 11 is 1.13. The zero-order chi connectivity index (χ0) is 30.9. The molecule has 3 N–H and O–H groups in total. The van der Waals surface area contributed by atoms with Crippen LogP contribution < -0.4 is 5.32 Å². The highest BCUT2D eigenvalue weighted by atomic mass is 32.1. The molecule has 1 aliphatic carbocycles. The van der Waals surface area contributed by atoms with Gasteiger partial charge in [0, 0.05) is 24.0 Å². The summed E-state index contributed by atoms with van der Waals surface area (Å²) in [4.78, 5) is 37.8. The normalized spacial score (nSPS) is 22.7. The smallest absolute Gasteiger partial charge is 0.380 e. The van der Waals surface area contributed by atoms with Crippen molar-refractivity contribution in [3.05, 3.63) is 46.2 Å². The van der Waals surface area contributed by atoms with Crippen LogP contribution in [0.5, 0.6) is 0 Å². The third-order valence-electron chi connectivity index (χ3n) is 8.61. The molecule has 2 fully saturated rings. The van der Waals surface area contributed by atoms with Gasteiger partial charge in [-0.1, -0.05) is 18.6 Å². The summed E-state index contributed by atoms with van der Waals surface area (Å²) in [6.45, 7) is 0.170. The van der Waals surface area contributed by atoms with Gasteiger partial charge in [-0.2, -0.15) is 13.2 Å². The molecule has 0 bridgehead atoms. The van der Waals surface area contributed by atoms with Crippen molar-refractivity contribution in [2.24, 2.45) is 5.92 Å². The fourth-order valence-electron chi connectivity index (χ4n) is 6.41. The third-order valence-corrected chi connectivity index (χ3v) is 9.50. The number of fused-ring (bicyclic) bond motifs is 1. The standard InChI is InChI=1S/C29H37F3N6O4S/c1-36(2)19-8-5-7-17(13-19)21-11-6-12-37(21)27(42)25(40)24(39)26(41)33-14-23-34-18(16-43-23)15-38-22-10-4-3-9-20(22)35-28(38)29(30,31)32/h3-4,9-10,16-17,19,21,24-25,39-40H,5-8,11-15H2,1-2H3,(H,33,41)/t17-,19?,21?,24?,25+/m0/s1. The number of nitrogens with one attached hydrogen (secondary N) is 1. The average Bonchev–Trinajstić information content (AvgIpc) is 3.74. The van der Waals surface area contributed by atoms with Gasteiger partial charge in [0.15, 0.2) is 12.2 Å². The van der Waals surface area contributed by atoms with E-state index in [0.717, 1.165) is 54.4 Å². The quantitative estimate of drug-likeness (QED) is 0.335. The lowest BCUT2D eigenvalue weighted by Gasteiger charge is -2.39. The maximum Gasteiger partial charge on any atom is 0.449 e. The van der Waals surface area contributed by atoms with Crippen LogP contribution in [0.1, 0.15) is 55.1 Å². The summed E-state index contributed by atoms with van der Waals surface area (Å²) in [5.41, 5.74) is 0.884. The van der Waals surface area contributed by atoms with E-state index in [9.17, 15) is 33.0 Å². The molecule has 43 heavy (non-hydrogen) atoms. The Morgan fingerprint density at radius 2 is 1.88 bits per heavy atom. The Labute approximate surface area is 251 Å². The molecule has 2 aromatic heterocycles. The largest absolute Gasteiger partial charge is 0.449 e. The zero-order valence-corrected chi connectivity index (χ0v) is 24.9. The molecule has 5 atom stereocenters. The first kappa shape index (κ1) is 31.4. The SMILES string of the molecule is CN(C)C1CCC[C@H](C2CCCN2C(=O)[C@H](O)C(O)C(=O)NCc2nc(Cn3c(C(F)(F)F)nc4ccccc43)cs2)C1. The van der Waals surface area contributed by atoms with Crippen LogP contribution >= 0.6 is 11.3 Å². The number of rotatable bonds is 9. The predicted molar refractivity (Wildman–Crippen MR) is 154 cm³/mol. The molecule has 3 heterocycles. The molecule has 234 valence electrons. The van der Waals surface area contributed by atoms with Crippen molar-refractivity contribution in [3.63, 3.8) is 0 Å². The number of aliphatic hydroxyl groups excluding tert-OH is 2. The molecule has 14 heteroatoms. The maximum atomic E-state index is 13.6. The van der Waals surface area contributed by atoms with E-state index in [0.29, 0.717) is 34.7 Å². The summed E-state index contributed by atoms with van der Waals surface area (Å²) in [7, 11) is 4.11. The summed E-state index contributed by atoms with van der Waals surface area (Å²) in [5.74, 6) is -2.31. The Bertz CT molecular complexity index is 1440. The molecule has 1 aromatic carbocycles. The van der Waals surface area contributed by atoms with Crippen molar-refractivity contribution in [1.82, 2.24) is 29.7 Å². The molecule has 2 aliphatic rings. The zero-order valence-electron chi connectivity index (χ0n) is 24.1. The van der Waals surface area contributed by atoms with Crippen molar-refractivity contribution in [2.75, 3.05) is 20.6 Å². The minimum absolute atomic E-state index is 0.0284. The van der Waals surface area contributed by atoms with Crippen molar-refractivity contribution in [3.8, 4) is 0 Å². The maximum absolute atomic E-state index is 13.6. The minimum Gasteiger partial charge on any atom is -0.380 e. The van der Waals surface area contributed by atoms with Crippen LogP contribution in [0.25, 0.3) is 11.0 Å². The Morgan fingerprint density at radius 1 is 1.12 bits per heavy atom. The second-order valence-corrected chi connectivity index (χ2v) is 12.6. The van der Waals surface area contributed by atoms with Gasteiger partial charge in [-0.25, -0.2) is 9.97 Å². The van der Waals surface area contributed by atoms with Gasteiger partial charge in [-0.15, -0.1) is 11.3 Å². The van der Waals surface area contributed by atoms with Gasteiger partial charge in [-0.05, 0) is 64.3 Å². The van der Waals surface area contributed by atoms with E-state index >= 15 is 0 Å². The number of benzene rings is 1. The lowest BCUT2D eigenvalue weighted by molar-refractivity contribution is -0.154. The fourth-order valence-corrected chi connectivity index (χ4v) is 7.13. The van der Waals surface area contributed by atoms with Crippen LogP contribution in [0.4, 0.5) is 13.2 Å². The van der Waals surface area contributed by atoms with Gasteiger partial charge in [0.2, 0.25) is 5.82 Å². The van der Waals surface area contributed by atoms with Crippen LogP contribution in [0, 0.1) is 5.92 Å². The molecule has 0 spiro atoms. The number of nitrogens with zero attached hydrogens (tertiary/aromatic N) is 5. The van der Waals surface area contributed by atoms with E-state index in [2.05, 4.69) is 34.3 Å². The number of hydrogen-bond acceptors (Lipinski definition) is 8. The molecule has 1 saturated carbocycles. The summed E-state index contributed by atoms with van der Waals surface area (Å²) in [6.07, 6.45) is -2.75. The van der Waals surface area contributed by atoms with Crippen LogP contribution in [0.2, 0.25) is 0 Å². The van der Waals surface area contributed by atoms with E-state index in [1.54, 1.807) is 28.5 Å². The Kier molecular flexibility index (Phi) is 9.40. The van der Waals surface area contributed by atoms with Gasteiger partial charge < -0.3 is 29.9 Å². The first-order valence-corrected chi connectivity index (χ1v) is 15.4. The van der Waals surface area contributed by atoms with Gasteiger partial charge in [0.25, 0.3) is 11.8 Å². The van der Waals surface area contributed by atoms with Crippen molar-refractivity contribution in [2.45, 2.75) is 82.1 Å². The Hall–Kier alpha value is -3.07. The number of carbonyl (C=O) groups excluding carboxylic acids is 2. The molecular formula is C29H37F3N6O4S. The summed E-state index contributed by atoms with van der Waals surface area (Å²) in [6, 6.07) is 6.72. The Balaban J connectivity index is 1.18. The molecule has 2 amide bonds. The summed E-state index contributed by atoms with van der Waals surface area (Å²) < 4.78 is 42.0. The number of carbonyl (C=O) groups is 2. The van der Waals surface area contributed by atoms with E-state index in [4.69, 9.17) is 0 Å². The van der Waals surface area contributed by atoms with Crippen molar-refractivity contribution in [1.29, 1.82) is 0 Å². The van der Waals surface area contributed by atoms with Crippen LogP contribution in [-0.2, 0) is 28.9 Å². The minimum atomic E-state index is -4.65. The fraction of sp³-hybridized carbons (Fsp3) is 0.586. The van der Waals surface area contributed by atoms with E-state index in [1.165, 1.54) is 6.07 Å². The van der Waals surface area contributed by atoms with Gasteiger partial charge in [0.05, 0.1) is 29.8 Å². The first-order valence-electron chi connectivity index (χ1n) is 14.5. The second kappa shape index (κ2) is 12.9. The lowest BCUT2D eigenvalue weighted by Crippen LogP contribution is -2.53. The number of likely N-dealkylation sites (tertiary alicyclic amines) is 1.